The van der Waals surface area contributed by atoms with Gasteiger partial charge in [-0.05, 0) is 18.9 Å². The topological polar surface area (TPSA) is 29.3 Å². The Bertz CT molecular complexity index is 284. The van der Waals surface area contributed by atoms with Gasteiger partial charge >= 0.3 is 0 Å². The van der Waals surface area contributed by atoms with Crippen molar-refractivity contribution in [1.82, 2.24) is 4.90 Å². The highest BCUT2D eigenvalue weighted by Crippen LogP contribution is 2.18. The summed E-state index contributed by atoms with van der Waals surface area (Å²) in [4.78, 5) is 2.46. The van der Waals surface area contributed by atoms with E-state index in [2.05, 4.69) is 42.2 Å². The van der Waals surface area contributed by atoms with Crippen LogP contribution in [-0.4, -0.2) is 23.5 Å². The van der Waals surface area contributed by atoms with E-state index in [4.69, 9.17) is 5.73 Å². The lowest BCUT2D eigenvalue weighted by molar-refractivity contribution is 0.259. The number of hydrogen-bond donors (Lipinski definition) is 1. The summed E-state index contributed by atoms with van der Waals surface area (Å²) >= 11 is 0. The molecule has 1 fully saturated rings. The zero-order valence-corrected chi connectivity index (χ0v) is 8.69. The van der Waals surface area contributed by atoms with Crippen LogP contribution in [0.5, 0.6) is 0 Å². The number of rotatable bonds is 2. The van der Waals surface area contributed by atoms with Crippen LogP contribution in [0.1, 0.15) is 18.9 Å². The monoisotopic (exact) mass is 190 g/mol. The van der Waals surface area contributed by atoms with Gasteiger partial charge in [0.25, 0.3) is 0 Å². The maximum atomic E-state index is 5.93. The van der Waals surface area contributed by atoms with Crippen LogP contribution < -0.4 is 5.73 Å². The molecule has 0 radical (unpaired) electrons. The highest BCUT2D eigenvalue weighted by atomic mass is 15.2. The Morgan fingerprint density at radius 3 is 2.64 bits per heavy atom. The van der Waals surface area contributed by atoms with Crippen molar-refractivity contribution in [3.8, 4) is 0 Å². The van der Waals surface area contributed by atoms with Crippen LogP contribution in [-0.2, 0) is 6.54 Å². The predicted molar refractivity (Wildman–Crippen MR) is 58.9 cm³/mol. The Hall–Kier alpha value is -0.860. The molecule has 0 aromatic heterocycles. The predicted octanol–water partition coefficient (Wildman–Crippen LogP) is 1.61. The van der Waals surface area contributed by atoms with Gasteiger partial charge in [-0.2, -0.15) is 0 Å². The summed E-state index contributed by atoms with van der Waals surface area (Å²) in [7, 11) is 0. The summed E-state index contributed by atoms with van der Waals surface area (Å²) < 4.78 is 0. The molecule has 2 N–H and O–H groups in total. The minimum absolute atomic E-state index is 0.369. The third-order valence-electron chi connectivity index (χ3n) is 2.96. The SMILES string of the molecule is C[C@H]1C[C@H](N)CN1Cc1ccccc1. The molecule has 1 aromatic carbocycles. The van der Waals surface area contributed by atoms with E-state index in [1.165, 1.54) is 5.56 Å². The van der Waals surface area contributed by atoms with E-state index < -0.39 is 0 Å². The maximum absolute atomic E-state index is 5.93. The molecule has 0 unspecified atom stereocenters. The minimum atomic E-state index is 0.369. The first kappa shape index (κ1) is 9.69. The fourth-order valence-electron chi connectivity index (χ4n) is 2.18. The van der Waals surface area contributed by atoms with E-state index in [0.29, 0.717) is 12.1 Å². The molecule has 1 aromatic rings. The van der Waals surface area contributed by atoms with E-state index >= 15 is 0 Å². The third kappa shape index (κ3) is 2.14. The van der Waals surface area contributed by atoms with Crippen molar-refractivity contribution in [1.29, 1.82) is 0 Å². The van der Waals surface area contributed by atoms with Crippen LogP contribution in [0, 0.1) is 0 Å². The average Bonchev–Trinajstić information content (AvgIpc) is 2.47. The summed E-state index contributed by atoms with van der Waals surface area (Å²) in [6.45, 7) is 4.33. The number of nitrogens with zero attached hydrogens (tertiary/aromatic N) is 1. The standard InChI is InChI=1S/C12H18N2/c1-10-7-12(13)9-14(10)8-11-5-3-2-4-6-11/h2-6,10,12H,7-9,13H2,1H3/t10-,12-/m0/s1. The lowest BCUT2D eigenvalue weighted by atomic mass is 10.2. The molecule has 0 spiro atoms. The smallest absolute Gasteiger partial charge is 0.0237 e. The Kier molecular flexibility index (Phi) is 2.85. The summed E-state index contributed by atoms with van der Waals surface area (Å²) in [6, 6.07) is 11.6. The van der Waals surface area contributed by atoms with Crippen LogP contribution in [0.3, 0.4) is 0 Å². The molecule has 2 atom stereocenters. The maximum Gasteiger partial charge on any atom is 0.0237 e. The molecule has 0 bridgehead atoms. The lowest BCUT2D eigenvalue weighted by Gasteiger charge is -2.20. The molecular formula is C12H18N2. The fourth-order valence-corrected chi connectivity index (χ4v) is 2.18. The molecule has 1 aliphatic rings. The lowest BCUT2D eigenvalue weighted by Crippen LogP contribution is -2.28. The molecule has 76 valence electrons. The van der Waals surface area contributed by atoms with Gasteiger partial charge in [-0.25, -0.2) is 0 Å². The largest absolute Gasteiger partial charge is 0.326 e. The minimum Gasteiger partial charge on any atom is -0.326 e. The fraction of sp³-hybridized carbons (Fsp3) is 0.500. The van der Waals surface area contributed by atoms with Crippen molar-refractivity contribution in [2.24, 2.45) is 5.73 Å². The zero-order valence-electron chi connectivity index (χ0n) is 8.69. The van der Waals surface area contributed by atoms with Gasteiger partial charge in [-0.15, -0.1) is 0 Å². The molecule has 14 heavy (non-hydrogen) atoms. The van der Waals surface area contributed by atoms with Gasteiger partial charge in [0, 0.05) is 25.2 Å². The first-order valence-electron chi connectivity index (χ1n) is 5.29. The summed E-state index contributed by atoms with van der Waals surface area (Å²) in [6.07, 6.45) is 1.13. The van der Waals surface area contributed by atoms with Crippen LogP contribution in [0.2, 0.25) is 0 Å². The first-order chi connectivity index (χ1) is 6.75. The molecule has 0 amide bonds. The van der Waals surface area contributed by atoms with E-state index in [1.54, 1.807) is 0 Å². The van der Waals surface area contributed by atoms with Gasteiger partial charge in [0.05, 0.1) is 0 Å². The van der Waals surface area contributed by atoms with E-state index in [1.807, 2.05) is 0 Å². The van der Waals surface area contributed by atoms with Crippen molar-refractivity contribution in [3.05, 3.63) is 35.9 Å². The van der Waals surface area contributed by atoms with Crippen LogP contribution in [0.4, 0.5) is 0 Å². The van der Waals surface area contributed by atoms with Crippen LogP contribution in [0.25, 0.3) is 0 Å². The number of hydrogen-bond acceptors (Lipinski definition) is 2. The second-order valence-electron chi connectivity index (χ2n) is 4.26. The Balaban J connectivity index is 1.98. The summed E-state index contributed by atoms with van der Waals surface area (Å²) in [5, 5.41) is 0. The van der Waals surface area contributed by atoms with E-state index in [-0.39, 0.29) is 0 Å². The summed E-state index contributed by atoms with van der Waals surface area (Å²) in [5.41, 5.74) is 7.31. The molecule has 2 heteroatoms. The Morgan fingerprint density at radius 1 is 1.36 bits per heavy atom. The van der Waals surface area contributed by atoms with Crippen molar-refractivity contribution in [2.45, 2.75) is 32.0 Å². The molecule has 2 nitrogen and oxygen atoms in total. The second-order valence-corrected chi connectivity index (χ2v) is 4.26. The molecule has 0 saturated carbocycles. The van der Waals surface area contributed by atoms with Gasteiger partial charge < -0.3 is 5.73 Å². The highest BCUT2D eigenvalue weighted by Gasteiger charge is 2.25. The highest BCUT2D eigenvalue weighted by molar-refractivity contribution is 5.14. The van der Waals surface area contributed by atoms with E-state index in [0.717, 1.165) is 19.5 Å². The van der Waals surface area contributed by atoms with Crippen molar-refractivity contribution in [2.75, 3.05) is 6.54 Å². The molecule has 1 saturated heterocycles. The van der Waals surface area contributed by atoms with Crippen LogP contribution >= 0.6 is 0 Å². The van der Waals surface area contributed by atoms with Crippen molar-refractivity contribution >= 4 is 0 Å². The summed E-state index contributed by atoms with van der Waals surface area (Å²) in [5.74, 6) is 0. The number of benzene rings is 1. The zero-order chi connectivity index (χ0) is 9.97. The Morgan fingerprint density at radius 2 is 2.07 bits per heavy atom. The van der Waals surface area contributed by atoms with Gasteiger partial charge in [0.2, 0.25) is 0 Å². The quantitative estimate of drug-likeness (QED) is 0.767. The molecule has 2 rings (SSSR count). The number of likely N-dealkylation sites (tertiary alicyclic amines) is 1. The van der Waals surface area contributed by atoms with Gasteiger partial charge in [0.1, 0.15) is 0 Å². The molecular weight excluding hydrogens is 172 g/mol. The third-order valence-corrected chi connectivity index (χ3v) is 2.96. The first-order valence-corrected chi connectivity index (χ1v) is 5.29. The van der Waals surface area contributed by atoms with Gasteiger partial charge in [0.15, 0.2) is 0 Å². The van der Waals surface area contributed by atoms with Gasteiger partial charge in [-0.3, -0.25) is 4.90 Å². The van der Waals surface area contributed by atoms with Crippen molar-refractivity contribution < 1.29 is 0 Å². The van der Waals surface area contributed by atoms with Crippen molar-refractivity contribution in [3.63, 3.8) is 0 Å². The number of nitrogens with two attached hydrogens (primary N) is 1. The second kappa shape index (κ2) is 4.11. The van der Waals surface area contributed by atoms with E-state index in [9.17, 15) is 0 Å². The normalized spacial score (nSPS) is 28.1. The molecule has 1 aliphatic heterocycles. The Labute approximate surface area is 85.7 Å². The molecule has 1 heterocycles. The average molecular weight is 190 g/mol. The van der Waals surface area contributed by atoms with Crippen LogP contribution in [0.15, 0.2) is 30.3 Å². The molecule has 0 aliphatic carbocycles. The van der Waals surface area contributed by atoms with Gasteiger partial charge in [-0.1, -0.05) is 30.3 Å².